The smallest absolute Gasteiger partial charge is 0.323 e. The molecule has 2 N–H and O–H groups in total. The maximum Gasteiger partial charge on any atom is 0.323 e. The first-order valence-corrected chi connectivity index (χ1v) is 8.22. The van der Waals surface area contributed by atoms with Crippen LogP contribution in [0.15, 0.2) is 0 Å². The Bertz CT molecular complexity index is 341. The predicted molar refractivity (Wildman–Crippen MR) is 80.9 cm³/mol. The number of carboxylic acid groups (broad SMARTS) is 1. The summed E-state index contributed by atoms with van der Waals surface area (Å²) in [6.45, 7) is 8.52. The molecule has 2 unspecified atom stereocenters. The molecule has 4 heteroatoms. The molecule has 2 saturated carbocycles. The molecule has 2 aliphatic carbocycles. The molecule has 2 fully saturated rings. The Hall–Kier alpha value is -0.610. The van der Waals surface area contributed by atoms with E-state index in [1.165, 1.54) is 12.8 Å². The molecule has 2 atom stereocenters. The van der Waals surface area contributed by atoms with Crippen molar-refractivity contribution in [3.05, 3.63) is 0 Å². The number of carbonyl (C=O) groups is 1. The van der Waals surface area contributed by atoms with Gasteiger partial charge in [-0.2, -0.15) is 0 Å². The highest BCUT2D eigenvalue weighted by Gasteiger charge is 2.47. The van der Waals surface area contributed by atoms with E-state index in [0.717, 1.165) is 44.7 Å². The molecule has 0 saturated heterocycles. The number of nitrogens with one attached hydrogen (secondary N) is 1. The van der Waals surface area contributed by atoms with E-state index in [9.17, 15) is 9.90 Å². The molecular formula is C16H30N2O2. The van der Waals surface area contributed by atoms with Crippen LogP contribution < -0.4 is 5.32 Å². The molecule has 0 aromatic heterocycles. The maximum absolute atomic E-state index is 11.7. The molecule has 20 heavy (non-hydrogen) atoms. The van der Waals surface area contributed by atoms with Crippen LogP contribution in [0.4, 0.5) is 0 Å². The van der Waals surface area contributed by atoms with Crippen molar-refractivity contribution < 1.29 is 9.90 Å². The van der Waals surface area contributed by atoms with Crippen LogP contribution in [0.2, 0.25) is 0 Å². The number of hydrogen-bond acceptors (Lipinski definition) is 3. The van der Waals surface area contributed by atoms with Crippen LogP contribution in [0.3, 0.4) is 0 Å². The second-order valence-corrected chi connectivity index (χ2v) is 6.94. The SMILES string of the molecule is CCCNC1(C(=O)O)CCC(N(CC2CC2)C(C)C)C1. The zero-order chi connectivity index (χ0) is 14.8. The van der Waals surface area contributed by atoms with E-state index >= 15 is 0 Å². The van der Waals surface area contributed by atoms with E-state index in [1.54, 1.807) is 0 Å². The molecule has 0 bridgehead atoms. The van der Waals surface area contributed by atoms with Gasteiger partial charge in [0.05, 0.1) is 0 Å². The minimum atomic E-state index is -0.683. The first-order valence-electron chi connectivity index (χ1n) is 8.22. The van der Waals surface area contributed by atoms with Gasteiger partial charge in [-0.1, -0.05) is 6.92 Å². The Kier molecular flexibility index (Phi) is 5.08. The van der Waals surface area contributed by atoms with Crippen LogP contribution in [0.25, 0.3) is 0 Å². The minimum Gasteiger partial charge on any atom is -0.480 e. The van der Waals surface area contributed by atoms with E-state index < -0.39 is 11.5 Å². The van der Waals surface area contributed by atoms with Crippen molar-refractivity contribution in [2.24, 2.45) is 5.92 Å². The lowest BCUT2D eigenvalue weighted by atomic mass is 9.96. The Labute approximate surface area is 122 Å². The standard InChI is InChI=1S/C16H30N2O2/c1-4-9-17-16(15(19)20)8-7-14(10-16)18(12(2)3)11-13-5-6-13/h12-14,17H,4-11H2,1-3H3,(H,19,20). The molecule has 2 rings (SSSR count). The Morgan fingerprint density at radius 1 is 1.40 bits per heavy atom. The van der Waals surface area contributed by atoms with Crippen LogP contribution in [-0.4, -0.2) is 46.7 Å². The summed E-state index contributed by atoms with van der Waals surface area (Å²) < 4.78 is 0. The van der Waals surface area contributed by atoms with Crippen molar-refractivity contribution in [3.63, 3.8) is 0 Å². The topological polar surface area (TPSA) is 52.6 Å². The van der Waals surface area contributed by atoms with Gasteiger partial charge in [0.25, 0.3) is 0 Å². The van der Waals surface area contributed by atoms with Crippen molar-refractivity contribution in [2.45, 2.75) is 76.9 Å². The minimum absolute atomic E-state index is 0.427. The van der Waals surface area contributed by atoms with Gasteiger partial charge >= 0.3 is 5.97 Å². The van der Waals surface area contributed by atoms with Gasteiger partial charge in [-0.05, 0) is 64.8 Å². The summed E-state index contributed by atoms with van der Waals surface area (Å²) in [6.07, 6.45) is 6.22. The second-order valence-electron chi connectivity index (χ2n) is 6.94. The number of rotatable bonds is 8. The van der Waals surface area contributed by atoms with E-state index in [-0.39, 0.29) is 0 Å². The predicted octanol–water partition coefficient (Wildman–Crippen LogP) is 2.48. The van der Waals surface area contributed by atoms with Crippen molar-refractivity contribution >= 4 is 5.97 Å². The zero-order valence-corrected chi connectivity index (χ0v) is 13.2. The number of carboxylic acids is 1. The quantitative estimate of drug-likeness (QED) is 0.718. The van der Waals surface area contributed by atoms with E-state index in [2.05, 4.69) is 31.0 Å². The zero-order valence-electron chi connectivity index (χ0n) is 13.2. The average molecular weight is 282 g/mol. The molecule has 0 spiro atoms. The average Bonchev–Trinajstić information content (AvgIpc) is 3.12. The van der Waals surface area contributed by atoms with E-state index in [0.29, 0.717) is 12.1 Å². The van der Waals surface area contributed by atoms with Crippen molar-refractivity contribution in [1.29, 1.82) is 0 Å². The third kappa shape index (κ3) is 3.53. The normalized spacial score (nSPS) is 30.4. The largest absolute Gasteiger partial charge is 0.480 e. The Morgan fingerprint density at radius 3 is 2.60 bits per heavy atom. The van der Waals surface area contributed by atoms with Gasteiger partial charge < -0.3 is 10.4 Å². The first-order chi connectivity index (χ1) is 9.48. The van der Waals surface area contributed by atoms with E-state index in [1.807, 2.05) is 0 Å². The molecule has 0 radical (unpaired) electrons. The van der Waals surface area contributed by atoms with Crippen molar-refractivity contribution in [1.82, 2.24) is 10.2 Å². The molecule has 116 valence electrons. The summed E-state index contributed by atoms with van der Waals surface area (Å²) in [7, 11) is 0. The van der Waals surface area contributed by atoms with Gasteiger partial charge in [-0.15, -0.1) is 0 Å². The maximum atomic E-state index is 11.7. The van der Waals surface area contributed by atoms with Crippen LogP contribution >= 0.6 is 0 Å². The molecule has 0 heterocycles. The van der Waals surface area contributed by atoms with Gasteiger partial charge in [0, 0.05) is 18.6 Å². The monoisotopic (exact) mass is 282 g/mol. The number of hydrogen-bond donors (Lipinski definition) is 2. The van der Waals surface area contributed by atoms with Gasteiger partial charge in [0.15, 0.2) is 0 Å². The lowest BCUT2D eigenvalue weighted by Gasteiger charge is -2.34. The molecule has 0 amide bonds. The highest BCUT2D eigenvalue weighted by Crippen LogP contribution is 2.37. The van der Waals surface area contributed by atoms with Crippen molar-refractivity contribution in [3.8, 4) is 0 Å². The summed E-state index contributed by atoms with van der Waals surface area (Å²) in [5, 5.41) is 13.0. The number of nitrogens with zero attached hydrogens (tertiary/aromatic N) is 1. The van der Waals surface area contributed by atoms with Gasteiger partial charge in [-0.25, -0.2) is 0 Å². The molecule has 0 aliphatic heterocycles. The lowest BCUT2D eigenvalue weighted by Crippen LogP contribution is -2.52. The Balaban J connectivity index is 2.01. The second kappa shape index (κ2) is 6.44. The third-order valence-electron chi connectivity index (χ3n) is 4.91. The molecule has 2 aliphatic rings. The van der Waals surface area contributed by atoms with Crippen LogP contribution in [0.5, 0.6) is 0 Å². The van der Waals surface area contributed by atoms with Crippen molar-refractivity contribution in [2.75, 3.05) is 13.1 Å². The highest BCUT2D eigenvalue weighted by molar-refractivity contribution is 5.79. The summed E-state index contributed by atoms with van der Waals surface area (Å²) >= 11 is 0. The summed E-state index contributed by atoms with van der Waals surface area (Å²) in [5.74, 6) is 0.199. The molecule has 0 aromatic carbocycles. The molecule has 4 nitrogen and oxygen atoms in total. The summed E-state index contributed by atoms with van der Waals surface area (Å²) in [6, 6.07) is 0.937. The third-order valence-corrected chi connectivity index (χ3v) is 4.91. The van der Waals surface area contributed by atoms with E-state index in [4.69, 9.17) is 0 Å². The fourth-order valence-electron chi connectivity index (χ4n) is 3.48. The molecular weight excluding hydrogens is 252 g/mol. The molecule has 0 aromatic rings. The summed E-state index contributed by atoms with van der Waals surface area (Å²) in [5.41, 5.74) is -0.683. The fraction of sp³-hybridized carbons (Fsp3) is 0.938. The lowest BCUT2D eigenvalue weighted by molar-refractivity contribution is -0.144. The number of aliphatic carboxylic acids is 1. The van der Waals surface area contributed by atoms with Crippen LogP contribution in [-0.2, 0) is 4.79 Å². The fourth-order valence-corrected chi connectivity index (χ4v) is 3.48. The first kappa shape index (κ1) is 15.8. The highest BCUT2D eigenvalue weighted by atomic mass is 16.4. The van der Waals surface area contributed by atoms with Crippen LogP contribution in [0, 0.1) is 5.92 Å². The summed E-state index contributed by atoms with van der Waals surface area (Å²) in [4.78, 5) is 14.3. The Morgan fingerprint density at radius 2 is 2.10 bits per heavy atom. The van der Waals surface area contributed by atoms with Gasteiger partial charge in [-0.3, -0.25) is 9.69 Å². The van der Waals surface area contributed by atoms with Gasteiger partial charge in [0.1, 0.15) is 5.54 Å². The van der Waals surface area contributed by atoms with Crippen LogP contribution in [0.1, 0.15) is 59.3 Å². The van der Waals surface area contributed by atoms with Gasteiger partial charge in [0.2, 0.25) is 0 Å².